The molecule has 2 aromatic rings. The zero-order valence-corrected chi connectivity index (χ0v) is 11.8. The lowest BCUT2D eigenvalue weighted by Gasteiger charge is -2.09. The fraction of sp³-hybridized carbons (Fsp3) is 0.308. The summed E-state index contributed by atoms with van der Waals surface area (Å²) in [6.45, 7) is 1.91. The van der Waals surface area contributed by atoms with Crippen LogP contribution in [0.25, 0.3) is 0 Å². The lowest BCUT2D eigenvalue weighted by Crippen LogP contribution is -2.05. The molecule has 7 heteroatoms. The predicted octanol–water partition coefficient (Wildman–Crippen LogP) is 3.08. The Morgan fingerprint density at radius 3 is 2.65 bits per heavy atom. The largest absolute Gasteiger partial charge is 0.484 e. The quantitative estimate of drug-likeness (QED) is 0.883. The van der Waals surface area contributed by atoms with Crippen molar-refractivity contribution in [3.8, 4) is 5.75 Å². The van der Waals surface area contributed by atoms with Gasteiger partial charge in [-0.3, -0.25) is 4.68 Å². The first-order valence-electron chi connectivity index (χ1n) is 6.01. The number of nitrogens with two attached hydrogens (primary N) is 1. The number of aryl methyl sites for hydroxylation is 2. The third kappa shape index (κ3) is 2.70. The molecule has 108 valence electrons. The lowest BCUT2D eigenvalue weighted by atomic mass is 10.2. The number of ether oxygens (including phenoxy) is 1. The standard InChI is InChI=1S/C13H14ClF2N3O/c1-3-10-13(14)11(19(2)18-10)6-20-12-5-7(15)9(17)4-8(12)16/h4-5H,3,6,17H2,1-2H3. The molecule has 0 saturated carbocycles. The van der Waals surface area contributed by atoms with Crippen LogP contribution in [0.1, 0.15) is 18.3 Å². The smallest absolute Gasteiger partial charge is 0.167 e. The Labute approximate surface area is 120 Å². The van der Waals surface area contributed by atoms with Gasteiger partial charge in [0.15, 0.2) is 11.6 Å². The van der Waals surface area contributed by atoms with Gasteiger partial charge < -0.3 is 10.5 Å². The molecule has 0 fully saturated rings. The van der Waals surface area contributed by atoms with E-state index >= 15 is 0 Å². The Balaban J connectivity index is 2.21. The van der Waals surface area contributed by atoms with Gasteiger partial charge >= 0.3 is 0 Å². The van der Waals surface area contributed by atoms with Crippen molar-refractivity contribution in [3.05, 3.63) is 40.2 Å². The second-order valence-electron chi connectivity index (χ2n) is 4.28. The Morgan fingerprint density at radius 1 is 1.35 bits per heavy atom. The Morgan fingerprint density at radius 2 is 2.05 bits per heavy atom. The Hall–Kier alpha value is -1.82. The fourth-order valence-electron chi connectivity index (χ4n) is 1.78. The zero-order valence-electron chi connectivity index (χ0n) is 11.1. The van der Waals surface area contributed by atoms with E-state index in [9.17, 15) is 8.78 Å². The van der Waals surface area contributed by atoms with Crippen molar-refractivity contribution in [2.24, 2.45) is 7.05 Å². The zero-order chi connectivity index (χ0) is 14.9. The molecule has 0 radical (unpaired) electrons. The summed E-state index contributed by atoms with van der Waals surface area (Å²) in [4.78, 5) is 0. The average Bonchev–Trinajstić information content (AvgIpc) is 2.67. The van der Waals surface area contributed by atoms with E-state index in [1.54, 1.807) is 11.7 Å². The molecular formula is C13H14ClF2N3O. The van der Waals surface area contributed by atoms with E-state index in [4.69, 9.17) is 22.1 Å². The van der Waals surface area contributed by atoms with E-state index in [-0.39, 0.29) is 18.0 Å². The van der Waals surface area contributed by atoms with Gasteiger partial charge in [0, 0.05) is 19.2 Å². The van der Waals surface area contributed by atoms with Gasteiger partial charge in [-0.25, -0.2) is 8.78 Å². The van der Waals surface area contributed by atoms with Gasteiger partial charge in [0.25, 0.3) is 0 Å². The summed E-state index contributed by atoms with van der Waals surface area (Å²) >= 11 is 6.14. The maximum atomic E-state index is 13.6. The van der Waals surface area contributed by atoms with Gasteiger partial charge in [-0.05, 0) is 6.42 Å². The van der Waals surface area contributed by atoms with Crippen molar-refractivity contribution in [1.82, 2.24) is 9.78 Å². The maximum absolute atomic E-state index is 13.6. The summed E-state index contributed by atoms with van der Waals surface area (Å²) in [5, 5.41) is 4.69. The van der Waals surface area contributed by atoms with Crippen LogP contribution in [-0.4, -0.2) is 9.78 Å². The van der Waals surface area contributed by atoms with Crippen LogP contribution < -0.4 is 10.5 Å². The van der Waals surface area contributed by atoms with Crippen molar-refractivity contribution < 1.29 is 13.5 Å². The molecule has 0 amide bonds. The summed E-state index contributed by atoms with van der Waals surface area (Å²) < 4.78 is 33.7. The second-order valence-corrected chi connectivity index (χ2v) is 4.66. The number of nitrogen functional groups attached to an aromatic ring is 1. The molecule has 0 saturated heterocycles. The van der Waals surface area contributed by atoms with Crippen molar-refractivity contribution >= 4 is 17.3 Å². The van der Waals surface area contributed by atoms with Crippen LogP contribution in [0.15, 0.2) is 12.1 Å². The molecule has 0 aliphatic heterocycles. The monoisotopic (exact) mass is 301 g/mol. The highest BCUT2D eigenvalue weighted by molar-refractivity contribution is 6.31. The maximum Gasteiger partial charge on any atom is 0.167 e. The number of benzene rings is 1. The number of halogens is 3. The number of anilines is 1. The van der Waals surface area contributed by atoms with Crippen LogP contribution in [0.5, 0.6) is 5.75 Å². The molecule has 2 N–H and O–H groups in total. The first-order valence-corrected chi connectivity index (χ1v) is 6.39. The molecule has 20 heavy (non-hydrogen) atoms. The highest BCUT2D eigenvalue weighted by Gasteiger charge is 2.15. The van der Waals surface area contributed by atoms with Crippen molar-refractivity contribution in [3.63, 3.8) is 0 Å². The van der Waals surface area contributed by atoms with Crippen molar-refractivity contribution in [1.29, 1.82) is 0 Å². The van der Waals surface area contributed by atoms with Crippen LogP contribution in [0, 0.1) is 11.6 Å². The molecule has 0 spiro atoms. The van der Waals surface area contributed by atoms with Crippen molar-refractivity contribution in [2.75, 3.05) is 5.73 Å². The van der Waals surface area contributed by atoms with E-state index in [1.165, 1.54) is 0 Å². The second kappa shape index (κ2) is 5.66. The summed E-state index contributed by atoms with van der Waals surface area (Å²) in [5.74, 6) is -1.67. The lowest BCUT2D eigenvalue weighted by molar-refractivity contribution is 0.279. The number of hydrogen-bond acceptors (Lipinski definition) is 3. The van der Waals surface area contributed by atoms with Crippen LogP contribution in [-0.2, 0) is 20.1 Å². The van der Waals surface area contributed by atoms with Crippen LogP contribution in [0.3, 0.4) is 0 Å². The van der Waals surface area contributed by atoms with Crippen LogP contribution in [0.4, 0.5) is 14.5 Å². The third-order valence-corrected chi connectivity index (χ3v) is 3.35. The summed E-state index contributed by atoms with van der Waals surface area (Å²) in [6.07, 6.45) is 0.678. The van der Waals surface area contributed by atoms with E-state index in [0.717, 1.165) is 17.8 Å². The molecule has 0 bridgehead atoms. The molecular weight excluding hydrogens is 288 g/mol. The highest BCUT2D eigenvalue weighted by Crippen LogP contribution is 2.26. The van der Waals surface area contributed by atoms with Gasteiger partial charge in [-0.15, -0.1) is 0 Å². The molecule has 0 atom stereocenters. The molecule has 4 nitrogen and oxygen atoms in total. The van der Waals surface area contributed by atoms with Gasteiger partial charge in [0.1, 0.15) is 12.4 Å². The fourth-order valence-corrected chi connectivity index (χ4v) is 2.13. The predicted molar refractivity (Wildman–Crippen MR) is 72.7 cm³/mol. The van der Waals surface area contributed by atoms with E-state index < -0.39 is 11.6 Å². The SMILES string of the molecule is CCc1nn(C)c(COc2cc(F)c(N)cc2F)c1Cl. The minimum atomic E-state index is -0.730. The molecule has 0 aliphatic carbocycles. The summed E-state index contributed by atoms with van der Waals surface area (Å²) in [5.41, 5.74) is 6.33. The topological polar surface area (TPSA) is 53.1 Å². The number of hydrogen-bond donors (Lipinski definition) is 1. The van der Waals surface area contributed by atoms with Gasteiger partial charge in [-0.2, -0.15) is 5.10 Å². The number of nitrogens with zero attached hydrogens (tertiary/aromatic N) is 2. The molecule has 0 aliphatic rings. The normalized spacial score (nSPS) is 10.8. The highest BCUT2D eigenvalue weighted by atomic mass is 35.5. The molecule has 1 heterocycles. The van der Waals surface area contributed by atoms with E-state index in [0.29, 0.717) is 17.1 Å². The summed E-state index contributed by atoms with van der Waals surface area (Å²) in [6, 6.07) is 1.79. The van der Waals surface area contributed by atoms with Crippen molar-refractivity contribution in [2.45, 2.75) is 20.0 Å². The van der Waals surface area contributed by atoms with Crippen LogP contribution >= 0.6 is 11.6 Å². The minimum Gasteiger partial charge on any atom is -0.484 e. The van der Waals surface area contributed by atoms with Gasteiger partial charge in [0.2, 0.25) is 0 Å². The van der Waals surface area contributed by atoms with Crippen LogP contribution in [0.2, 0.25) is 5.02 Å². The first kappa shape index (κ1) is 14.6. The minimum absolute atomic E-state index is 0.0113. The Bertz CT molecular complexity index is 643. The molecule has 1 aromatic carbocycles. The average molecular weight is 302 g/mol. The van der Waals surface area contributed by atoms with E-state index in [2.05, 4.69) is 5.10 Å². The first-order chi connectivity index (χ1) is 9.43. The molecule has 2 rings (SSSR count). The summed E-state index contributed by atoms with van der Waals surface area (Å²) in [7, 11) is 1.71. The van der Waals surface area contributed by atoms with Gasteiger partial charge in [-0.1, -0.05) is 18.5 Å². The Kier molecular flexibility index (Phi) is 4.13. The third-order valence-electron chi connectivity index (χ3n) is 2.92. The molecule has 1 aromatic heterocycles. The van der Waals surface area contributed by atoms with Gasteiger partial charge in [0.05, 0.1) is 22.1 Å². The van der Waals surface area contributed by atoms with E-state index in [1.807, 2.05) is 6.92 Å². The number of aromatic nitrogens is 2. The molecule has 0 unspecified atom stereocenters. The number of rotatable bonds is 4.